The van der Waals surface area contributed by atoms with Crippen molar-refractivity contribution in [1.29, 1.82) is 0 Å². The first-order chi connectivity index (χ1) is 13.3. The Labute approximate surface area is 165 Å². The molecule has 1 aromatic rings. The second kappa shape index (κ2) is 8.68. The van der Waals surface area contributed by atoms with E-state index in [2.05, 4.69) is 18.7 Å². The molecular formula is C20H28N4O4. The van der Waals surface area contributed by atoms with E-state index in [0.29, 0.717) is 44.6 Å². The van der Waals surface area contributed by atoms with Gasteiger partial charge in [-0.3, -0.25) is 24.6 Å². The minimum absolute atomic E-state index is 0.119. The van der Waals surface area contributed by atoms with Gasteiger partial charge in [0.2, 0.25) is 5.91 Å². The van der Waals surface area contributed by atoms with E-state index in [0.717, 1.165) is 19.5 Å². The third-order valence-electron chi connectivity index (χ3n) is 5.57. The zero-order valence-corrected chi connectivity index (χ0v) is 16.5. The standard InChI is InChI=1S/C20H28N4O4/c1-15-11-16(2)13-23(12-15)19(25)14-21-7-9-22(10-8-21)20(26)17-5-3-4-6-18(17)24(27)28/h3-6,15-16H,7-14H2,1-2H3. The predicted molar refractivity (Wildman–Crippen MR) is 105 cm³/mol. The zero-order valence-electron chi connectivity index (χ0n) is 16.5. The number of carbonyl (C=O) groups excluding carboxylic acids is 2. The van der Waals surface area contributed by atoms with Crippen molar-refractivity contribution in [3.63, 3.8) is 0 Å². The lowest BCUT2D eigenvalue weighted by molar-refractivity contribution is -0.385. The van der Waals surface area contributed by atoms with Crippen molar-refractivity contribution >= 4 is 17.5 Å². The molecule has 0 spiro atoms. The molecule has 2 fully saturated rings. The number of nitro groups is 1. The molecule has 0 aliphatic carbocycles. The maximum absolute atomic E-state index is 12.7. The van der Waals surface area contributed by atoms with Gasteiger partial charge in [0.1, 0.15) is 5.56 Å². The Bertz CT molecular complexity index is 735. The second-order valence-electron chi connectivity index (χ2n) is 8.09. The minimum atomic E-state index is -0.525. The second-order valence-corrected chi connectivity index (χ2v) is 8.09. The van der Waals surface area contributed by atoms with Crippen molar-refractivity contribution in [3.8, 4) is 0 Å². The molecule has 8 heteroatoms. The van der Waals surface area contributed by atoms with Gasteiger partial charge in [0, 0.05) is 45.3 Å². The van der Waals surface area contributed by atoms with E-state index in [4.69, 9.17) is 0 Å². The summed E-state index contributed by atoms with van der Waals surface area (Å²) < 4.78 is 0. The molecular weight excluding hydrogens is 360 g/mol. The Morgan fingerprint density at radius 2 is 1.64 bits per heavy atom. The van der Waals surface area contributed by atoms with E-state index in [9.17, 15) is 19.7 Å². The molecule has 2 saturated heterocycles. The quantitative estimate of drug-likeness (QED) is 0.580. The highest BCUT2D eigenvalue weighted by atomic mass is 16.6. The smallest absolute Gasteiger partial charge is 0.282 e. The van der Waals surface area contributed by atoms with Crippen LogP contribution in [0.2, 0.25) is 0 Å². The van der Waals surface area contributed by atoms with Gasteiger partial charge in [-0.25, -0.2) is 0 Å². The maximum atomic E-state index is 12.7. The Morgan fingerprint density at radius 3 is 2.25 bits per heavy atom. The van der Waals surface area contributed by atoms with Crippen LogP contribution in [-0.4, -0.2) is 77.3 Å². The summed E-state index contributed by atoms with van der Waals surface area (Å²) in [6.45, 7) is 8.49. The molecule has 2 aliphatic heterocycles. The van der Waals surface area contributed by atoms with Crippen molar-refractivity contribution in [2.75, 3.05) is 45.8 Å². The van der Waals surface area contributed by atoms with Crippen LogP contribution in [0.3, 0.4) is 0 Å². The number of para-hydroxylation sites is 1. The van der Waals surface area contributed by atoms with E-state index in [1.54, 1.807) is 17.0 Å². The van der Waals surface area contributed by atoms with Crippen molar-refractivity contribution in [2.24, 2.45) is 11.8 Å². The van der Waals surface area contributed by atoms with Crippen LogP contribution in [0, 0.1) is 22.0 Å². The van der Waals surface area contributed by atoms with E-state index in [-0.39, 0.29) is 23.1 Å². The SMILES string of the molecule is CC1CC(C)CN(C(=O)CN2CCN(C(=O)c3ccccc3[N+](=O)[O-])CC2)C1. The number of carbonyl (C=O) groups is 2. The molecule has 2 amide bonds. The summed E-state index contributed by atoms with van der Waals surface area (Å²) >= 11 is 0. The Balaban J connectivity index is 1.54. The molecule has 8 nitrogen and oxygen atoms in total. The number of likely N-dealkylation sites (tertiary alicyclic amines) is 1. The van der Waals surface area contributed by atoms with Crippen LogP contribution in [0.4, 0.5) is 5.69 Å². The summed E-state index contributed by atoms with van der Waals surface area (Å²) in [4.78, 5) is 41.6. The zero-order chi connectivity index (χ0) is 20.3. The highest BCUT2D eigenvalue weighted by Crippen LogP contribution is 2.22. The van der Waals surface area contributed by atoms with Crippen LogP contribution in [0.5, 0.6) is 0 Å². The molecule has 0 aromatic heterocycles. The largest absolute Gasteiger partial charge is 0.341 e. The summed E-state index contributed by atoms with van der Waals surface area (Å²) in [6.07, 6.45) is 1.16. The van der Waals surface area contributed by atoms with Crippen molar-refractivity contribution in [1.82, 2.24) is 14.7 Å². The van der Waals surface area contributed by atoms with Crippen LogP contribution in [-0.2, 0) is 4.79 Å². The lowest BCUT2D eigenvalue weighted by Gasteiger charge is -2.38. The fourth-order valence-electron chi connectivity index (χ4n) is 4.25. The van der Waals surface area contributed by atoms with Gasteiger partial charge in [0.25, 0.3) is 11.6 Å². The first-order valence-corrected chi connectivity index (χ1v) is 9.88. The number of amides is 2. The molecule has 2 unspecified atom stereocenters. The average Bonchev–Trinajstić information content (AvgIpc) is 2.67. The molecule has 0 bridgehead atoms. The van der Waals surface area contributed by atoms with Gasteiger partial charge in [-0.1, -0.05) is 26.0 Å². The third-order valence-corrected chi connectivity index (χ3v) is 5.57. The number of hydrogen-bond acceptors (Lipinski definition) is 5. The van der Waals surface area contributed by atoms with E-state index < -0.39 is 4.92 Å². The van der Waals surface area contributed by atoms with Crippen LogP contribution in [0.25, 0.3) is 0 Å². The summed E-state index contributed by atoms with van der Waals surface area (Å²) in [6, 6.07) is 6.04. The predicted octanol–water partition coefficient (Wildman–Crippen LogP) is 1.86. The highest BCUT2D eigenvalue weighted by Gasteiger charge is 2.30. The molecule has 0 saturated carbocycles. The number of nitrogens with zero attached hydrogens (tertiary/aromatic N) is 4. The number of hydrogen-bond donors (Lipinski definition) is 0. The van der Waals surface area contributed by atoms with Gasteiger partial charge in [-0.05, 0) is 24.3 Å². The third kappa shape index (κ3) is 4.67. The first-order valence-electron chi connectivity index (χ1n) is 9.88. The van der Waals surface area contributed by atoms with Crippen LogP contribution < -0.4 is 0 Å². The molecule has 2 atom stereocenters. The van der Waals surface area contributed by atoms with Gasteiger partial charge in [-0.15, -0.1) is 0 Å². The first kappa shape index (κ1) is 20.3. The van der Waals surface area contributed by atoms with Crippen molar-refractivity contribution in [2.45, 2.75) is 20.3 Å². The van der Waals surface area contributed by atoms with Crippen molar-refractivity contribution < 1.29 is 14.5 Å². The summed E-state index contributed by atoms with van der Waals surface area (Å²) in [5, 5.41) is 11.2. The van der Waals surface area contributed by atoms with E-state index in [1.165, 1.54) is 12.1 Å². The monoisotopic (exact) mass is 388 g/mol. The summed E-state index contributed by atoms with van der Waals surface area (Å²) in [5.74, 6) is 0.890. The van der Waals surface area contributed by atoms with E-state index in [1.807, 2.05) is 4.90 Å². The van der Waals surface area contributed by atoms with Crippen molar-refractivity contribution in [3.05, 3.63) is 39.9 Å². The lowest BCUT2D eigenvalue weighted by Crippen LogP contribution is -2.53. The van der Waals surface area contributed by atoms with Gasteiger partial charge >= 0.3 is 0 Å². The number of piperazine rings is 1. The van der Waals surface area contributed by atoms with Gasteiger partial charge in [0.05, 0.1) is 11.5 Å². The van der Waals surface area contributed by atoms with Crippen LogP contribution >= 0.6 is 0 Å². The van der Waals surface area contributed by atoms with E-state index >= 15 is 0 Å². The molecule has 0 N–H and O–H groups in total. The Morgan fingerprint density at radius 1 is 1.04 bits per heavy atom. The maximum Gasteiger partial charge on any atom is 0.282 e. The molecule has 3 rings (SSSR count). The summed E-state index contributed by atoms with van der Waals surface area (Å²) in [5.41, 5.74) is -0.0493. The number of benzene rings is 1. The molecule has 1 aromatic carbocycles. The van der Waals surface area contributed by atoms with Crippen LogP contribution in [0.15, 0.2) is 24.3 Å². The average molecular weight is 388 g/mol. The summed E-state index contributed by atoms with van der Waals surface area (Å²) in [7, 11) is 0. The fraction of sp³-hybridized carbons (Fsp3) is 0.600. The Kier molecular flexibility index (Phi) is 6.28. The lowest BCUT2D eigenvalue weighted by atomic mass is 9.92. The number of rotatable bonds is 4. The molecule has 2 heterocycles. The Hall–Kier alpha value is -2.48. The van der Waals surface area contributed by atoms with Crippen LogP contribution in [0.1, 0.15) is 30.6 Å². The molecule has 2 aliphatic rings. The molecule has 152 valence electrons. The minimum Gasteiger partial charge on any atom is -0.341 e. The molecule has 0 radical (unpaired) electrons. The normalized spacial score (nSPS) is 23.5. The number of piperidine rings is 1. The number of nitro benzene ring substituents is 1. The van der Waals surface area contributed by atoms with Gasteiger partial charge < -0.3 is 9.80 Å². The highest BCUT2D eigenvalue weighted by molar-refractivity contribution is 5.98. The van der Waals surface area contributed by atoms with Gasteiger partial charge in [-0.2, -0.15) is 0 Å². The topological polar surface area (TPSA) is 87.0 Å². The fourth-order valence-corrected chi connectivity index (χ4v) is 4.25. The van der Waals surface area contributed by atoms with Gasteiger partial charge in [0.15, 0.2) is 0 Å². The molecule has 28 heavy (non-hydrogen) atoms.